The van der Waals surface area contributed by atoms with Crippen LogP contribution in [0.1, 0.15) is 11.6 Å². The number of rotatable bonds is 2. The van der Waals surface area contributed by atoms with Crippen LogP contribution >= 0.6 is 47.2 Å². The van der Waals surface area contributed by atoms with Crippen molar-refractivity contribution in [3.8, 4) is 0 Å². The molecule has 0 unspecified atom stereocenters. The van der Waals surface area contributed by atoms with Gasteiger partial charge in [-0.05, 0) is 0 Å². The first-order chi connectivity index (χ1) is 6.07. The molecule has 0 saturated carbocycles. The maximum Gasteiger partial charge on any atom is 0.148 e. The van der Waals surface area contributed by atoms with E-state index in [1.54, 1.807) is 0 Å². The third-order valence-electron chi connectivity index (χ3n) is 1.50. The smallest absolute Gasteiger partial charge is 0.148 e. The van der Waals surface area contributed by atoms with Crippen molar-refractivity contribution < 1.29 is 4.39 Å². The predicted molar refractivity (Wildman–Crippen MR) is 59.4 cm³/mol. The number of halogens is 5. The molecule has 1 aromatic heterocycles. The van der Waals surface area contributed by atoms with Gasteiger partial charge in [0.15, 0.2) is 0 Å². The fourth-order valence-corrected chi connectivity index (χ4v) is 1.65. The van der Waals surface area contributed by atoms with Crippen LogP contribution in [0, 0.1) is 0 Å². The molecule has 2 N–H and O–H groups in total. The standard InChI is InChI=1S/C7H6Cl3FN2.ClH/c8-3-2-13-7(10)6(9)5(3)4(12)1-11;/h2,4H,1,12H2;1H/t4-;/m1./s1. The van der Waals surface area contributed by atoms with Crippen molar-refractivity contribution in [2.24, 2.45) is 5.73 Å². The summed E-state index contributed by atoms with van der Waals surface area (Å²) in [6, 6.07) is -0.861. The molecule has 7 heteroatoms. The van der Waals surface area contributed by atoms with Crippen LogP contribution in [0.25, 0.3) is 0 Å². The van der Waals surface area contributed by atoms with Gasteiger partial charge in [-0.3, -0.25) is 0 Å². The van der Waals surface area contributed by atoms with Gasteiger partial charge in [0.25, 0.3) is 0 Å². The van der Waals surface area contributed by atoms with Crippen LogP contribution < -0.4 is 5.73 Å². The topological polar surface area (TPSA) is 38.9 Å². The van der Waals surface area contributed by atoms with Crippen molar-refractivity contribution in [1.82, 2.24) is 4.98 Å². The minimum absolute atomic E-state index is 0. The summed E-state index contributed by atoms with van der Waals surface area (Å²) in [6.45, 7) is -0.750. The van der Waals surface area contributed by atoms with Gasteiger partial charge < -0.3 is 5.73 Å². The molecule has 1 atom stereocenters. The molecule has 1 heterocycles. The Balaban J connectivity index is 0.00000169. The first-order valence-corrected chi connectivity index (χ1v) is 4.52. The molecule has 0 aliphatic rings. The quantitative estimate of drug-likeness (QED) is 0.843. The van der Waals surface area contributed by atoms with Crippen molar-refractivity contribution in [1.29, 1.82) is 0 Å². The van der Waals surface area contributed by atoms with Gasteiger partial charge >= 0.3 is 0 Å². The highest BCUT2D eigenvalue weighted by Gasteiger charge is 2.17. The van der Waals surface area contributed by atoms with Gasteiger partial charge in [0, 0.05) is 11.8 Å². The van der Waals surface area contributed by atoms with Crippen LogP contribution in [-0.4, -0.2) is 11.7 Å². The summed E-state index contributed by atoms with van der Waals surface area (Å²) >= 11 is 17.1. The zero-order valence-corrected chi connectivity index (χ0v) is 9.89. The fourth-order valence-electron chi connectivity index (χ4n) is 0.873. The first-order valence-electron chi connectivity index (χ1n) is 3.38. The van der Waals surface area contributed by atoms with Gasteiger partial charge in [-0.1, -0.05) is 34.8 Å². The van der Waals surface area contributed by atoms with Crippen LogP contribution in [0.4, 0.5) is 4.39 Å². The number of nitrogens with zero attached hydrogens (tertiary/aromatic N) is 1. The van der Waals surface area contributed by atoms with Crippen molar-refractivity contribution in [3.05, 3.63) is 27.0 Å². The molecular weight excluding hydrogens is 273 g/mol. The van der Waals surface area contributed by atoms with Gasteiger partial charge in [0.1, 0.15) is 11.8 Å². The molecule has 0 aromatic carbocycles. The van der Waals surface area contributed by atoms with Crippen molar-refractivity contribution in [2.45, 2.75) is 6.04 Å². The molecule has 14 heavy (non-hydrogen) atoms. The van der Waals surface area contributed by atoms with E-state index in [-0.39, 0.29) is 27.6 Å². The van der Waals surface area contributed by atoms with Crippen LogP contribution in [-0.2, 0) is 0 Å². The van der Waals surface area contributed by atoms with Crippen molar-refractivity contribution in [2.75, 3.05) is 6.67 Å². The molecule has 0 fully saturated rings. The summed E-state index contributed by atoms with van der Waals surface area (Å²) < 4.78 is 12.3. The lowest BCUT2D eigenvalue weighted by atomic mass is 10.1. The van der Waals surface area contributed by atoms with E-state index in [4.69, 9.17) is 40.5 Å². The molecular formula is C7H7Cl4FN2. The fraction of sp³-hybridized carbons (Fsp3) is 0.286. The van der Waals surface area contributed by atoms with Crippen molar-refractivity contribution >= 4 is 47.2 Å². The molecule has 1 aromatic rings. The van der Waals surface area contributed by atoms with Crippen LogP contribution in [0.2, 0.25) is 15.2 Å². The number of hydrogen-bond donors (Lipinski definition) is 1. The maximum absolute atomic E-state index is 12.3. The van der Waals surface area contributed by atoms with Gasteiger partial charge in [0.05, 0.1) is 16.1 Å². The highest BCUT2D eigenvalue weighted by molar-refractivity contribution is 6.43. The van der Waals surface area contributed by atoms with Gasteiger partial charge in [-0.15, -0.1) is 12.4 Å². The third kappa shape index (κ3) is 2.84. The normalized spacial score (nSPS) is 12.1. The second-order valence-electron chi connectivity index (χ2n) is 2.39. The minimum atomic E-state index is -0.861. The molecule has 1 rings (SSSR count). The lowest BCUT2D eigenvalue weighted by Gasteiger charge is -2.11. The Morgan fingerprint density at radius 2 is 2.00 bits per heavy atom. The zero-order chi connectivity index (χ0) is 10.0. The Morgan fingerprint density at radius 3 is 2.50 bits per heavy atom. The monoisotopic (exact) mass is 278 g/mol. The molecule has 80 valence electrons. The Morgan fingerprint density at radius 1 is 1.43 bits per heavy atom. The molecule has 0 amide bonds. The highest BCUT2D eigenvalue weighted by Crippen LogP contribution is 2.33. The molecule has 0 bridgehead atoms. The van der Waals surface area contributed by atoms with E-state index in [1.165, 1.54) is 6.20 Å². The summed E-state index contributed by atoms with van der Waals surface area (Å²) in [4.78, 5) is 3.68. The second-order valence-corrected chi connectivity index (χ2v) is 3.53. The van der Waals surface area contributed by atoms with E-state index in [1.807, 2.05) is 0 Å². The predicted octanol–water partition coefficient (Wildman–Crippen LogP) is 3.43. The highest BCUT2D eigenvalue weighted by atomic mass is 35.5. The van der Waals surface area contributed by atoms with Gasteiger partial charge in [-0.25, -0.2) is 9.37 Å². The van der Waals surface area contributed by atoms with Gasteiger partial charge in [-0.2, -0.15) is 0 Å². The number of nitrogens with two attached hydrogens (primary N) is 1. The van der Waals surface area contributed by atoms with Crippen LogP contribution in [0.3, 0.4) is 0 Å². The van der Waals surface area contributed by atoms with Crippen molar-refractivity contribution in [3.63, 3.8) is 0 Å². The van der Waals surface area contributed by atoms with Gasteiger partial charge in [0.2, 0.25) is 0 Å². The molecule has 0 spiro atoms. The van der Waals surface area contributed by atoms with E-state index >= 15 is 0 Å². The van der Waals surface area contributed by atoms with E-state index in [0.29, 0.717) is 5.56 Å². The van der Waals surface area contributed by atoms with E-state index in [0.717, 1.165) is 0 Å². The Labute approximate surface area is 102 Å². The lowest BCUT2D eigenvalue weighted by molar-refractivity contribution is 0.437. The molecule has 0 saturated heterocycles. The van der Waals surface area contributed by atoms with Crippen LogP contribution in [0.5, 0.6) is 0 Å². The summed E-state index contributed by atoms with van der Waals surface area (Å²) in [5.74, 6) is 0. The number of alkyl halides is 1. The number of pyridine rings is 1. The Hall–Kier alpha value is 0.200. The molecule has 2 nitrogen and oxygen atoms in total. The first kappa shape index (κ1) is 14.2. The van der Waals surface area contributed by atoms with Crippen LogP contribution in [0.15, 0.2) is 6.20 Å². The lowest BCUT2D eigenvalue weighted by Crippen LogP contribution is -2.13. The summed E-state index contributed by atoms with van der Waals surface area (Å²) in [5, 5.41) is 0.406. The number of hydrogen-bond acceptors (Lipinski definition) is 2. The number of aromatic nitrogens is 1. The Kier molecular flexibility index (Phi) is 6.02. The average molecular weight is 280 g/mol. The molecule has 0 aliphatic carbocycles. The second kappa shape index (κ2) is 5.93. The average Bonchev–Trinajstić information content (AvgIpc) is 2.12. The Bertz CT molecular complexity index is 321. The molecule has 0 radical (unpaired) electrons. The maximum atomic E-state index is 12.3. The molecule has 0 aliphatic heterocycles. The van der Waals surface area contributed by atoms with E-state index in [2.05, 4.69) is 4.98 Å². The summed E-state index contributed by atoms with van der Waals surface area (Å²) in [6.07, 6.45) is 1.29. The van der Waals surface area contributed by atoms with E-state index in [9.17, 15) is 4.39 Å². The zero-order valence-electron chi connectivity index (χ0n) is 6.81. The largest absolute Gasteiger partial charge is 0.322 e. The third-order valence-corrected chi connectivity index (χ3v) is 2.57. The summed E-state index contributed by atoms with van der Waals surface area (Å²) in [7, 11) is 0. The van der Waals surface area contributed by atoms with E-state index < -0.39 is 12.7 Å². The minimum Gasteiger partial charge on any atom is -0.322 e. The summed E-state index contributed by atoms with van der Waals surface area (Å²) in [5.41, 5.74) is 5.73. The SMILES string of the molecule is Cl.N[C@H](CF)c1c(Cl)cnc(Cl)c1Cl.